The summed E-state index contributed by atoms with van der Waals surface area (Å²) in [6.45, 7) is 4.64. The van der Waals surface area contributed by atoms with Crippen LogP contribution in [-0.2, 0) is 27.2 Å². The predicted octanol–water partition coefficient (Wildman–Crippen LogP) is 2.06. The quantitative estimate of drug-likeness (QED) is 0.742. The van der Waals surface area contributed by atoms with E-state index in [1.165, 1.54) is 12.7 Å². The number of ether oxygens (including phenoxy) is 2. The summed E-state index contributed by atoms with van der Waals surface area (Å²) in [5.41, 5.74) is 2.22. The van der Waals surface area contributed by atoms with Crippen LogP contribution in [0.5, 0.6) is 0 Å². The summed E-state index contributed by atoms with van der Waals surface area (Å²) in [5.74, 6) is 0.896. The van der Waals surface area contributed by atoms with Crippen molar-refractivity contribution in [2.75, 3.05) is 26.8 Å². The minimum absolute atomic E-state index is 0.162. The van der Waals surface area contributed by atoms with E-state index in [-0.39, 0.29) is 18.5 Å². The average Bonchev–Trinajstić information content (AvgIpc) is 3.10. The molecule has 1 unspecified atom stereocenters. The van der Waals surface area contributed by atoms with Gasteiger partial charge in [0.25, 0.3) is 0 Å². The lowest BCUT2D eigenvalue weighted by atomic mass is 10.1. The van der Waals surface area contributed by atoms with Crippen LogP contribution in [0.4, 0.5) is 0 Å². The Balaban J connectivity index is 1.59. The number of aromatic nitrogens is 2. The first-order valence-electron chi connectivity index (χ1n) is 8.50. The average molecular weight is 345 g/mol. The molecule has 0 amide bonds. The first-order chi connectivity index (χ1) is 12.2. The number of rotatable bonds is 6. The van der Waals surface area contributed by atoms with Gasteiger partial charge in [-0.05, 0) is 12.0 Å². The summed E-state index contributed by atoms with van der Waals surface area (Å²) in [5, 5.41) is 4.07. The molecule has 1 fully saturated rings. The molecule has 3 rings (SSSR count). The van der Waals surface area contributed by atoms with Crippen molar-refractivity contribution in [1.82, 2.24) is 15.0 Å². The third kappa shape index (κ3) is 4.64. The van der Waals surface area contributed by atoms with Gasteiger partial charge in [-0.15, -0.1) is 0 Å². The van der Waals surface area contributed by atoms with Gasteiger partial charge in [-0.3, -0.25) is 9.69 Å². The molecule has 7 nitrogen and oxygen atoms in total. The second-order valence-electron chi connectivity index (χ2n) is 6.07. The molecule has 1 saturated heterocycles. The van der Waals surface area contributed by atoms with Crippen LogP contribution in [0.3, 0.4) is 0 Å². The van der Waals surface area contributed by atoms with Gasteiger partial charge < -0.3 is 14.0 Å². The number of carbonyl (C=O) groups excluding carboxylic acids is 1. The van der Waals surface area contributed by atoms with Crippen molar-refractivity contribution in [2.24, 2.45) is 0 Å². The molecule has 1 aromatic heterocycles. The van der Waals surface area contributed by atoms with Crippen LogP contribution in [0.1, 0.15) is 24.8 Å². The summed E-state index contributed by atoms with van der Waals surface area (Å²) in [6.07, 6.45) is 1.10. The Labute approximate surface area is 146 Å². The molecule has 1 atom stereocenters. The highest BCUT2D eigenvalue weighted by atomic mass is 16.5. The van der Waals surface area contributed by atoms with Crippen LogP contribution in [0, 0.1) is 0 Å². The van der Waals surface area contributed by atoms with Gasteiger partial charge in [0.05, 0.1) is 32.8 Å². The van der Waals surface area contributed by atoms with Crippen molar-refractivity contribution >= 4 is 5.97 Å². The van der Waals surface area contributed by atoms with Gasteiger partial charge in [0.1, 0.15) is 0 Å². The van der Waals surface area contributed by atoms with Crippen molar-refractivity contribution in [2.45, 2.75) is 32.4 Å². The molecular weight excluding hydrogens is 322 g/mol. The third-order valence-corrected chi connectivity index (χ3v) is 4.29. The maximum atomic E-state index is 11.4. The molecule has 25 heavy (non-hydrogen) atoms. The molecule has 0 spiro atoms. The van der Waals surface area contributed by atoms with Gasteiger partial charge in [-0.1, -0.05) is 36.3 Å². The number of methoxy groups -OCH3 is 1. The van der Waals surface area contributed by atoms with Crippen molar-refractivity contribution in [3.8, 4) is 11.4 Å². The van der Waals surface area contributed by atoms with Crippen molar-refractivity contribution in [3.05, 3.63) is 35.7 Å². The van der Waals surface area contributed by atoms with E-state index in [1.54, 1.807) is 0 Å². The molecular formula is C18H23N3O4. The zero-order chi connectivity index (χ0) is 17.6. The van der Waals surface area contributed by atoms with Crippen LogP contribution >= 0.6 is 0 Å². The van der Waals surface area contributed by atoms with E-state index in [9.17, 15) is 4.79 Å². The Morgan fingerprint density at radius 3 is 2.88 bits per heavy atom. The van der Waals surface area contributed by atoms with E-state index in [0.29, 0.717) is 31.4 Å². The second kappa shape index (κ2) is 8.22. The smallest absolute Gasteiger partial charge is 0.308 e. The highest BCUT2D eigenvalue weighted by molar-refractivity contribution is 5.69. The number of esters is 1. The van der Waals surface area contributed by atoms with Gasteiger partial charge in [-0.2, -0.15) is 4.98 Å². The largest absolute Gasteiger partial charge is 0.469 e. The fourth-order valence-electron chi connectivity index (χ4n) is 2.83. The number of hydrogen-bond donors (Lipinski definition) is 0. The number of carbonyl (C=O) groups is 1. The van der Waals surface area contributed by atoms with Gasteiger partial charge in [0.15, 0.2) is 0 Å². The molecule has 1 aromatic carbocycles. The second-order valence-corrected chi connectivity index (χ2v) is 6.07. The van der Waals surface area contributed by atoms with Gasteiger partial charge in [-0.25, -0.2) is 0 Å². The molecule has 1 aliphatic rings. The Kier molecular flexibility index (Phi) is 5.78. The van der Waals surface area contributed by atoms with E-state index in [2.05, 4.69) is 34.1 Å². The first kappa shape index (κ1) is 17.6. The van der Waals surface area contributed by atoms with E-state index in [4.69, 9.17) is 14.0 Å². The summed E-state index contributed by atoms with van der Waals surface area (Å²) in [7, 11) is 1.38. The first-order valence-corrected chi connectivity index (χ1v) is 8.50. The lowest BCUT2D eigenvalue weighted by Crippen LogP contribution is -2.42. The van der Waals surface area contributed by atoms with E-state index in [0.717, 1.165) is 18.5 Å². The van der Waals surface area contributed by atoms with Crippen molar-refractivity contribution in [1.29, 1.82) is 0 Å². The Hall–Kier alpha value is -2.25. The van der Waals surface area contributed by atoms with Crippen LogP contribution in [0.25, 0.3) is 11.4 Å². The number of aryl methyl sites for hydroxylation is 1. The number of nitrogens with zero attached hydrogens (tertiary/aromatic N) is 3. The Bertz CT molecular complexity index is 699. The highest BCUT2D eigenvalue weighted by Gasteiger charge is 2.24. The molecule has 134 valence electrons. The molecule has 0 saturated carbocycles. The summed E-state index contributed by atoms with van der Waals surface area (Å²) >= 11 is 0. The number of morpholine rings is 1. The fourth-order valence-corrected chi connectivity index (χ4v) is 2.83. The highest BCUT2D eigenvalue weighted by Crippen LogP contribution is 2.18. The predicted molar refractivity (Wildman–Crippen MR) is 90.8 cm³/mol. The van der Waals surface area contributed by atoms with Crippen molar-refractivity contribution < 1.29 is 18.8 Å². The minimum Gasteiger partial charge on any atom is -0.469 e. The minimum atomic E-state index is -0.262. The normalized spacial score (nSPS) is 18.2. The van der Waals surface area contributed by atoms with Crippen LogP contribution in [0.2, 0.25) is 0 Å². The number of benzene rings is 1. The SMILES string of the molecule is CCc1ccc(-c2noc(CN3CCOC(CC(=O)OC)C3)n2)cc1. The molecule has 0 aliphatic carbocycles. The zero-order valence-corrected chi connectivity index (χ0v) is 14.6. The third-order valence-electron chi connectivity index (χ3n) is 4.29. The number of hydrogen-bond acceptors (Lipinski definition) is 7. The molecule has 2 heterocycles. The van der Waals surface area contributed by atoms with Crippen LogP contribution < -0.4 is 0 Å². The molecule has 1 aliphatic heterocycles. The molecule has 2 aromatic rings. The van der Waals surface area contributed by atoms with Crippen LogP contribution in [0.15, 0.2) is 28.8 Å². The maximum Gasteiger partial charge on any atom is 0.308 e. The van der Waals surface area contributed by atoms with E-state index >= 15 is 0 Å². The zero-order valence-electron chi connectivity index (χ0n) is 14.6. The molecule has 0 N–H and O–H groups in total. The summed E-state index contributed by atoms with van der Waals surface area (Å²) < 4.78 is 15.7. The van der Waals surface area contributed by atoms with E-state index < -0.39 is 0 Å². The van der Waals surface area contributed by atoms with E-state index in [1.807, 2.05) is 12.1 Å². The lowest BCUT2D eigenvalue weighted by Gasteiger charge is -2.31. The summed E-state index contributed by atoms with van der Waals surface area (Å²) in [4.78, 5) is 18.0. The lowest BCUT2D eigenvalue weighted by molar-refractivity contribution is -0.145. The molecule has 0 radical (unpaired) electrons. The Morgan fingerprint density at radius 2 is 2.16 bits per heavy atom. The van der Waals surface area contributed by atoms with Gasteiger partial charge in [0.2, 0.25) is 11.7 Å². The van der Waals surface area contributed by atoms with Crippen LogP contribution in [-0.4, -0.2) is 53.9 Å². The maximum absolute atomic E-state index is 11.4. The molecule has 0 bridgehead atoms. The fraction of sp³-hybridized carbons (Fsp3) is 0.500. The topological polar surface area (TPSA) is 77.7 Å². The summed E-state index contributed by atoms with van der Waals surface area (Å²) in [6, 6.07) is 8.17. The Morgan fingerprint density at radius 1 is 1.36 bits per heavy atom. The standard InChI is InChI=1S/C18H23N3O4/c1-3-13-4-6-14(7-5-13)18-19-16(25-20-18)12-21-8-9-24-15(11-21)10-17(22)23-2/h4-7,15H,3,8-12H2,1-2H3. The van der Waals surface area contributed by atoms with Gasteiger partial charge >= 0.3 is 5.97 Å². The van der Waals surface area contributed by atoms with Gasteiger partial charge in [0, 0.05) is 18.7 Å². The monoisotopic (exact) mass is 345 g/mol. The molecule has 7 heteroatoms. The van der Waals surface area contributed by atoms with Crippen molar-refractivity contribution in [3.63, 3.8) is 0 Å².